The number of nitrogens with zero attached hydrogens (tertiary/aromatic N) is 1. The van der Waals surface area contributed by atoms with E-state index in [0.29, 0.717) is 17.0 Å². The third-order valence-corrected chi connectivity index (χ3v) is 3.49. The molecule has 2 aromatic rings. The molecule has 0 fully saturated rings. The molecule has 1 N–H and O–H groups in total. The summed E-state index contributed by atoms with van der Waals surface area (Å²) in [5, 5.41) is 11.5. The van der Waals surface area contributed by atoms with Crippen LogP contribution in [0, 0.1) is 25.2 Å². The number of hydrogen-bond acceptors (Lipinski definition) is 5. The standard InChI is InChI=1S/C20H20N2O4/c1-13-7-14(2)9-18(8-13)25-12-19(23)26-15(3)20(24)22-17-6-4-5-16(10-17)11-21/h4-10,15H,12H2,1-3H3,(H,22,24)/t15-/m0/s1. The van der Waals surface area contributed by atoms with Gasteiger partial charge >= 0.3 is 5.97 Å². The molecule has 0 radical (unpaired) electrons. The molecule has 0 aliphatic carbocycles. The Labute approximate surface area is 152 Å². The zero-order chi connectivity index (χ0) is 19.1. The van der Waals surface area contributed by atoms with E-state index in [1.54, 1.807) is 18.2 Å². The van der Waals surface area contributed by atoms with Gasteiger partial charge in [0.2, 0.25) is 0 Å². The van der Waals surface area contributed by atoms with Gasteiger partial charge in [-0.25, -0.2) is 4.79 Å². The van der Waals surface area contributed by atoms with E-state index in [4.69, 9.17) is 14.7 Å². The van der Waals surface area contributed by atoms with Crippen molar-refractivity contribution >= 4 is 17.6 Å². The average molecular weight is 352 g/mol. The highest BCUT2D eigenvalue weighted by Gasteiger charge is 2.18. The van der Waals surface area contributed by atoms with E-state index in [9.17, 15) is 9.59 Å². The van der Waals surface area contributed by atoms with E-state index in [0.717, 1.165) is 11.1 Å². The van der Waals surface area contributed by atoms with Crippen LogP contribution in [0.2, 0.25) is 0 Å². The van der Waals surface area contributed by atoms with Crippen LogP contribution in [0.15, 0.2) is 42.5 Å². The number of hydrogen-bond donors (Lipinski definition) is 1. The summed E-state index contributed by atoms with van der Waals surface area (Å²) in [6.45, 7) is 5.06. The number of aryl methyl sites for hydroxylation is 2. The molecule has 6 heteroatoms. The van der Waals surface area contributed by atoms with Gasteiger partial charge in [-0.1, -0.05) is 12.1 Å². The Kier molecular flexibility index (Phi) is 6.34. The fourth-order valence-electron chi connectivity index (χ4n) is 2.35. The third-order valence-electron chi connectivity index (χ3n) is 3.49. The zero-order valence-electron chi connectivity index (χ0n) is 14.9. The van der Waals surface area contributed by atoms with E-state index in [-0.39, 0.29) is 6.61 Å². The highest BCUT2D eigenvalue weighted by atomic mass is 16.6. The van der Waals surface area contributed by atoms with E-state index < -0.39 is 18.0 Å². The summed E-state index contributed by atoms with van der Waals surface area (Å²) in [7, 11) is 0. The summed E-state index contributed by atoms with van der Waals surface area (Å²) in [5.41, 5.74) is 2.94. The molecule has 0 aromatic heterocycles. The van der Waals surface area contributed by atoms with E-state index in [1.807, 2.05) is 38.1 Å². The molecule has 2 aromatic carbocycles. The maximum absolute atomic E-state index is 12.1. The van der Waals surface area contributed by atoms with Crippen LogP contribution in [-0.2, 0) is 14.3 Å². The van der Waals surface area contributed by atoms with Crippen molar-refractivity contribution in [3.8, 4) is 11.8 Å². The minimum Gasteiger partial charge on any atom is -0.482 e. The maximum Gasteiger partial charge on any atom is 0.344 e. The molecule has 0 aliphatic rings. The number of anilines is 1. The maximum atomic E-state index is 12.1. The van der Waals surface area contributed by atoms with E-state index in [1.165, 1.54) is 13.0 Å². The first-order chi connectivity index (χ1) is 12.4. The lowest BCUT2D eigenvalue weighted by Gasteiger charge is -2.14. The molecule has 0 aliphatic heterocycles. The average Bonchev–Trinajstić information content (AvgIpc) is 2.59. The molecule has 134 valence electrons. The molecule has 0 bridgehead atoms. The second kappa shape index (κ2) is 8.67. The number of ether oxygens (including phenoxy) is 2. The van der Waals surface area contributed by atoms with Gasteiger partial charge in [0.25, 0.3) is 5.91 Å². The smallest absolute Gasteiger partial charge is 0.344 e. The fourth-order valence-corrected chi connectivity index (χ4v) is 2.35. The van der Waals surface area contributed by atoms with Crippen LogP contribution in [0.25, 0.3) is 0 Å². The quantitative estimate of drug-likeness (QED) is 0.807. The predicted octanol–water partition coefficient (Wildman–Crippen LogP) is 3.12. The number of rotatable bonds is 6. The van der Waals surface area contributed by atoms with Crippen LogP contribution >= 0.6 is 0 Å². The van der Waals surface area contributed by atoms with Crippen molar-refractivity contribution in [3.05, 3.63) is 59.2 Å². The van der Waals surface area contributed by atoms with Gasteiger partial charge in [0.05, 0.1) is 11.6 Å². The number of carbonyl (C=O) groups is 2. The molecule has 26 heavy (non-hydrogen) atoms. The van der Waals surface area contributed by atoms with E-state index in [2.05, 4.69) is 5.32 Å². The monoisotopic (exact) mass is 352 g/mol. The van der Waals surface area contributed by atoms with Crippen LogP contribution in [0.4, 0.5) is 5.69 Å². The van der Waals surface area contributed by atoms with Crippen molar-refractivity contribution in [3.63, 3.8) is 0 Å². The summed E-state index contributed by atoms with van der Waals surface area (Å²) >= 11 is 0. The van der Waals surface area contributed by atoms with Crippen LogP contribution in [-0.4, -0.2) is 24.6 Å². The summed E-state index contributed by atoms with van der Waals surface area (Å²) in [5.74, 6) is -0.553. The summed E-state index contributed by atoms with van der Waals surface area (Å²) in [4.78, 5) is 24.0. The predicted molar refractivity (Wildman–Crippen MR) is 96.8 cm³/mol. The topological polar surface area (TPSA) is 88.4 Å². The molecule has 6 nitrogen and oxygen atoms in total. The van der Waals surface area contributed by atoms with Crippen LogP contribution in [0.5, 0.6) is 5.75 Å². The lowest BCUT2D eigenvalue weighted by atomic mass is 10.1. The van der Waals surface area contributed by atoms with Gasteiger partial charge < -0.3 is 14.8 Å². The molecule has 0 spiro atoms. The fraction of sp³-hybridized carbons (Fsp3) is 0.250. The molecule has 0 heterocycles. The van der Waals surface area contributed by atoms with Gasteiger partial charge in [-0.2, -0.15) is 5.26 Å². The second-order valence-corrected chi connectivity index (χ2v) is 5.93. The normalized spacial score (nSPS) is 11.2. The Bertz CT molecular complexity index is 835. The van der Waals surface area contributed by atoms with Crippen molar-refractivity contribution in [2.75, 3.05) is 11.9 Å². The number of esters is 1. The molecule has 1 amide bonds. The van der Waals surface area contributed by atoms with Crippen molar-refractivity contribution in [2.45, 2.75) is 26.9 Å². The van der Waals surface area contributed by atoms with Gasteiger partial charge in [0, 0.05) is 5.69 Å². The summed E-state index contributed by atoms with van der Waals surface area (Å²) < 4.78 is 10.5. The number of amides is 1. The molecule has 1 atom stereocenters. The highest BCUT2D eigenvalue weighted by Crippen LogP contribution is 2.16. The van der Waals surface area contributed by atoms with Gasteiger partial charge in [-0.3, -0.25) is 4.79 Å². The minimum absolute atomic E-state index is 0.287. The van der Waals surface area contributed by atoms with Crippen molar-refractivity contribution < 1.29 is 19.1 Å². The van der Waals surface area contributed by atoms with Crippen molar-refractivity contribution in [1.82, 2.24) is 0 Å². The van der Waals surface area contributed by atoms with Gasteiger partial charge in [-0.15, -0.1) is 0 Å². The van der Waals surface area contributed by atoms with Crippen molar-refractivity contribution in [2.24, 2.45) is 0 Å². The molecular formula is C20H20N2O4. The highest BCUT2D eigenvalue weighted by molar-refractivity contribution is 5.95. The van der Waals surface area contributed by atoms with Crippen LogP contribution in [0.3, 0.4) is 0 Å². The van der Waals surface area contributed by atoms with E-state index >= 15 is 0 Å². The van der Waals surface area contributed by atoms with Gasteiger partial charge in [-0.05, 0) is 62.2 Å². The first-order valence-corrected chi connectivity index (χ1v) is 8.09. The number of nitriles is 1. The Balaban J connectivity index is 1.85. The number of carbonyl (C=O) groups excluding carboxylic acids is 2. The molecular weight excluding hydrogens is 332 g/mol. The Hall–Kier alpha value is -3.33. The SMILES string of the molecule is Cc1cc(C)cc(OCC(=O)O[C@@H](C)C(=O)Nc2cccc(C#N)c2)c1. The largest absolute Gasteiger partial charge is 0.482 e. The Morgan fingerprint density at radius 2 is 1.85 bits per heavy atom. The van der Waals surface area contributed by atoms with Crippen LogP contribution in [0.1, 0.15) is 23.6 Å². The molecule has 0 saturated carbocycles. The van der Waals surface area contributed by atoms with Gasteiger partial charge in [0.1, 0.15) is 5.75 Å². The summed E-state index contributed by atoms with van der Waals surface area (Å²) in [6, 6.07) is 14.1. The number of nitrogens with one attached hydrogen (secondary N) is 1. The summed E-state index contributed by atoms with van der Waals surface area (Å²) in [6.07, 6.45) is -0.990. The van der Waals surface area contributed by atoms with Gasteiger partial charge in [0.15, 0.2) is 12.7 Å². The third kappa shape index (κ3) is 5.64. The zero-order valence-corrected chi connectivity index (χ0v) is 14.9. The van der Waals surface area contributed by atoms with Crippen LogP contribution < -0.4 is 10.1 Å². The first-order valence-electron chi connectivity index (χ1n) is 8.09. The lowest BCUT2D eigenvalue weighted by Crippen LogP contribution is -2.31. The minimum atomic E-state index is -0.990. The lowest BCUT2D eigenvalue weighted by molar-refractivity contribution is -0.155. The molecule has 2 rings (SSSR count). The first kappa shape index (κ1) is 19.0. The Morgan fingerprint density at radius 1 is 1.15 bits per heavy atom. The molecule has 0 saturated heterocycles. The number of benzene rings is 2. The Morgan fingerprint density at radius 3 is 2.50 bits per heavy atom. The molecule has 0 unspecified atom stereocenters. The van der Waals surface area contributed by atoms with Crippen molar-refractivity contribution in [1.29, 1.82) is 5.26 Å². The second-order valence-electron chi connectivity index (χ2n) is 5.93.